The molecule has 0 bridgehead atoms. The molecule has 0 aromatic carbocycles. The van der Waals surface area contributed by atoms with E-state index in [4.69, 9.17) is 4.74 Å². The van der Waals surface area contributed by atoms with E-state index in [-0.39, 0.29) is 11.9 Å². The molecule has 0 spiro atoms. The fraction of sp³-hybridized carbons (Fsp3) is 0.444. The Morgan fingerprint density at radius 1 is 1.62 bits per heavy atom. The van der Waals surface area contributed by atoms with Crippen LogP contribution < -0.4 is 4.74 Å². The monoisotopic (exact) mass is 247 g/mol. The normalized spacial score (nSPS) is 12.6. The van der Waals surface area contributed by atoms with Crippen LogP contribution in [0.15, 0.2) is 16.7 Å². The van der Waals surface area contributed by atoms with Crippen molar-refractivity contribution in [1.29, 1.82) is 0 Å². The van der Waals surface area contributed by atoms with E-state index in [0.29, 0.717) is 4.60 Å². The third-order valence-corrected chi connectivity index (χ3v) is 2.13. The number of aromatic nitrogens is 1. The summed E-state index contributed by atoms with van der Waals surface area (Å²) in [4.78, 5) is 3.59. The quantitative estimate of drug-likeness (QED) is 0.766. The van der Waals surface area contributed by atoms with Crippen LogP contribution >= 0.6 is 15.9 Å². The Labute approximate surface area is 85.3 Å². The number of hydrogen-bond acceptors (Lipinski definition) is 2. The van der Waals surface area contributed by atoms with Gasteiger partial charge in [0.25, 0.3) is 5.95 Å². The fourth-order valence-corrected chi connectivity index (χ4v) is 1.08. The van der Waals surface area contributed by atoms with Crippen LogP contribution in [0.3, 0.4) is 0 Å². The summed E-state index contributed by atoms with van der Waals surface area (Å²) in [5.41, 5.74) is 0. The van der Waals surface area contributed by atoms with Gasteiger partial charge in [-0.3, -0.25) is 0 Å². The summed E-state index contributed by atoms with van der Waals surface area (Å²) in [6.07, 6.45) is 0.854. The highest BCUT2D eigenvalue weighted by atomic mass is 79.9. The molecule has 1 aromatic heterocycles. The Bertz CT molecular complexity index is 293. The van der Waals surface area contributed by atoms with Crippen LogP contribution in [0.2, 0.25) is 0 Å². The van der Waals surface area contributed by atoms with E-state index in [0.717, 1.165) is 6.42 Å². The standard InChI is InChI=1S/C9H11BrFNO/c1-3-6(2)13-7-4-5-8(10)12-9(7)11/h4-6H,3H2,1-2H3/t6-/m1/s1. The predicted molar refractivity (Wildman–Crippen MR) is 52.3 cm³/mol. The average Bonchev–Trinajstić information content (AvgIpc) is 2.09. The minimum absolute atomic E-state index is 0.0116. The smallest absolute Gasteiger partial charge is 0.256 e. The number of rotatable bonds is 3. The molecule has 0 aliphatic heterocycles. The van der Waals surface area contributed by atoms with Gasteiger partial charge in [-0.05, 0) is 41.4 Å². The lowest BCUT2D eigenvalue weighted by Crippen LogP contribution is -2.11. The molecular formula is C9H11BrFNO. The number of hydrogen-bond donors (Lipinski definition) is 0. The van der Waals surface area contributed by atoms with Gasteiger partial charge in [-0.25, -0.2) is 4.98 Å². The molecule has 0 saturated heterocycles. The molecule has 4 heteroatoms. The Morgan fingerprint density at radius 3 is 2.85 bits per heavy atom. The zero-order chi connectivity index (χ0) is 9.84. The minimum atomic E-state index is -0.574. The first-order valence-electron chi connectivity index (χ1n) is 4.12. The van der Waals surface area contributed by atoms with Crippen LogP contribution in [0.5, 0.6) is 5.75 Å². The van der Waals surface area contributed by atoms with Crippen LogP contribution in [0.25, 0.3) is 0 Å². The highest BCUT2D eigenvalue weighted by molar-refractivity contribution is 9.10. The van der Waals surface area contributed by atoms with E-state index in [1.165, 1.54) is 0 Å². The Kier molecular flexibility index (Phi) is 3.66. The summed E-state index contributed by atoms with van der Waals surface area (Å²) in [6, 6.07) is 3.22. The van der Waals surface area contributed by atoms with Gasteiger partial charge in [0.1, 0.15) is 4.60 Å². The van der Waals surface area contributed by atoms with Crippen molar-refractivity contribution in [3.05, 3.63) is 22.7 Å². The number of nitrogens with zero attached hydrogens (tertiary/aromatic N) is 1. The van der Waals surface area contributed by atoms with Gasteiger partial charge < -0.3 is 4.74 Å². The number of ether oxygens (including phenoxy) is 1. The highest BCUT2D eigenvalue weighted by Gasteiger charge is 2.08. The fourth-order valence-electron chi connectivity index (χ4n) is 0.787. The first-order chi connectivity index (χ1) is 6.13. The van der Waals surface area contributed by atoms with Crippen molar-refractivity contribution < 1.29 is 9.13 Å². The van der Waals surface area contributed by atoms with Crippen molar-refractivity contribution in [3.8, 4) is 5.75 Å². The molecule has 0 aliphatic carbocycles. The molecule has 1 rings (SSSR count). The van der Waals surface area contributed by atoms with E-state index in [9.17, 15) is 4.39 Å². The number of pyridine rings is 1. The van der Waals surface area contributed by atoms with E-state index in [2.05, 4.69) is 20.9 Å². The summed E-state index contributed by atoms with van der Waals surface area (Å²) in [7, 11) is 0. The molecule has 0 saturated carbocycles. The van der Waals surface area contributed by atoms with E-state index >= 15 is 0 Å². The van der Waals surface area contributed by atoms with Crippen molar-refractivity contribution in [2.75, 3.05) is 0 Å². The SMILES string of the molecule is CC[C@@H](C)Oc1ccc(Br)nc1F. The first kappa shape index (κ1) is 10.4. The highest BCUT2D eigenvalue weighted by Crippen LogP contribution is 2.19. The van der Waals surface area contributed by atoms with Crippen LogP contribution in [-0.2, 0) is 0 Å². The summed E-state index contributed by atoms with van der Waals surface area (Å²) in [5.74, 6) is -0.368. The molecule has 0 fully saturated rings. The second-order valence-corrected chi connectivity index (χ2v) is 3.57. The van der Waals surface area contributed by atoms with Gasteiger partial charge in [0.15, 0.2) is 5.75 Å². The van der Waals surface area contributed by atoms with Crippen LogP contribution in [0.4, 0.5) is 4.39 Å². The van der Waals surface area contributed by atoms with Gasteiger partial charge in [0.05, 0.1) is 6.10 Å². The molecule has 1 atom stereocenters. The largest absolute Gasteiger partial charge is 0.486 e. The molecule has 0 radical (unpaired) electrons. The number of halogens is 2. The van der Waals surface area contributed by atoms with Crippen LogP contribution in [0, 0.1) is 5.95 Å². The molecule has 2 nitrogen and oxygen atoms in total. The molecule has 0 aliphatic rings. The molecule has 72 valence electrons. The molecule has 1 aromatic rings. The van der Waals surface area contributed by atoms with Gasteiger partial charge in [-0.2, -0.15) is 4.39 Å². The van der Waals surface area contributed by atoms with E-state index < -0.39 is 5.95 Å². The minimum Gasteiger partial charge on any atom is -0.486 e. The maximum absolute atomic E-state index is 13.1. The van der Waals surface area contributed by atoms with E-state index in [1.807, 2.05) is 13.8 Å². The topological polar surface area (TPSA) is 22.1 Å². The van der Waals surface area contributed by atoms with Crippen molar-refractivity contribution in [2.45, 2.75) is 26.4 Å². The zero-order valence-electron chi connectivity index (χ0n) is 7.55. The van der Waals surface area contributed by atoms with Gasteiger partial charge in [0.2, 0.25) is 0 Å². The molecule has 13 heavy (non-hydrogen) atoms. The lowest BCUT2D eigenvalue weighted by molar-refractivity contribution is 0.205. The summed E-state index contributed by atoms with van der Waals surface area (Å²) < 4.78 is 18.8. The zero-order valence-corrected chi connectivity index (χ0v) is 9.14. The Balaban J connectivity index is 2.77. The molecule has 1 heterocycles. The Morgan fingerprint density at radius 2 is 2.31 bits per heavy atom. The van der Waals surface area contributed by atoms with Gasteiger partial charge in [-0.1, -0.05) is 6.92 Å². The van der Waals surface area contributed by atoms with Crippen LogP contribution in [-0.4, -0.2) is 11.1 Å². The van der Waals surface area contributed by atoms with Crippen LogP contribution in [0.1, 0.15) is 20.3 Å². The average molecular weight is 248 g/mol. The third-order valence-electron chi connectivity index (χ3n) is 1.68. The van der Waals surface area contributed by atoms with Gasteiger partial charge >= 0.3 is 0 Å². The summed E-state index contributed by atoms with van der Waals surface area (Å²) >= 11 is 3.07. The molecule has 0 N–H and O–H groups in total. The summed E-state index contributed by atoms with van der Waals surface area (Å²) in [6.45, 7) is 3.87. The molecular weight excluding hydrogens is 237 g/mol. The maximum atomic E-state index is 13.1. The van der Waals surface area contributed by atoms with Crippen molar-refractivity contribution in [1.82, 2.24) is 4.98 Å². The second-order valence-electron chi connectivity index (χ2n) is 2.76. The van der Waals surface area contributed by atoms with E-state index in [1.54, 1.807) is 12.1 Å². The van der Waals surface area contributed by atoms with Crippen molar-refractivity contribution in [3.63, 3.8) is 0 Å². The lowest BCUT2D eigenvalue weighted by atomic mass is 10.3. The predicted octanol–water partition coefficient (Wildman–Crippen LogP) is 3.16. The molecule has 0 amide bonds. The summed E-state index contributed by atoms with van der Waals surface area (Å²) in [5, 5.41) is 0. The van der Waals surface area contributed by atoms with Gasteiger partial charge in [-0.15, -0.1) is 0 Å². The lowest BCUT2D eigenvalue weighted by Gasteiger charge is -2.12. The molecule has 0 unspecified atom stereocenters. The van der Waals surface area contributed by atoms with Crippen molar-refractivity contribution >= 4 is 15.9 Å². The third kappa shape index (κ3) is 2.95. The first-order valence-corrected chi connectivity index (χ1v) is 4.91. The van der Waals surface area contributed by atoms with Crippen molar-refractivity contribution in [2.24, 2.45) is 0 Å². The second kappa shape index (κ2) is 4.56. The van der Waals surface area contributed by atoms with Gasteiger partial charge in [0, 0.05) is 0 Å². The maximum Gasteiger partial charge on any atom is 0.256 e. The Hall–Kier alpha value is -0.640.